The molecule has 0 bridgehead atoms. The van der Waals surface area contributed by atoms with E-state index in [0.29, 0.717) is 11.3 Å². The van der Waals surface area contributed by atoms with Crippen LogP contribution in [-0.2, 0) is 4.79 Å². The monoisotopic (exact) mass is 455 g/mol. The Labute approximate surface area is 156 Å². The third-order valence-corrected chi connectivity index (χ3v) is 4.33. The van der Waals surface area contributed by atoms with Gasteiger partial charge in [0.1, 0.15) is 5.75 Å². The van der Waals surface area contributed by atoms with Crippen LogP contribution >= 0.6 is 22.6 Å². The van der Waals surface area contributed by atoms with Crippen LogP contribution in [0.2, 0.25) is 0 Å². The first-order valence-electron chi connectivity index (χ1n) is 7.09. The second-order valence-corrected chi connectivity index (χ2v) is 6.17. The van der Waals surface area contributed by atoms with Gasteiger partial charge in [0.25, 0.3) is 17.5 Å². The summed E-state index contributed by atoms with van der Waals surface area (Å²) < 4.78 is 6.13. The number of aryl methyl sites for hydroxylation is 1. The summed E-state index contributed by atoms with van der Waals surface area (Å²) in [5.74, 6) is -0.699. The Kier molecular flexibility index (Phi) is 6.28. The number of ether oxygens (including phenoxy) is 1. The van der Waals surface area contributed by atoms with Gasteiger partial charge >= 0.3 is 0 Å². The lowest BCUT2D eigenvalue weighted by molar-refractivity contribution is -0.384. The topological polar surface area (TPSA) is 111 Å². The Hall–Kier alpha value is -2.69. The summed E-state index contributed by atoms with van der Waals surface area (Å²) in [6.45, 7) is 1.59. The number of nitro benzene ring substituents is 1. The van der Waals surface area contributed by atoms with Crippen LogP contribution in [0, 0.1) is 20.6 Å². The van der Waals surface area contributed by atoms with E-state index in [-0.39, 0.29) is 12.3 Å². The maximum Gasteiger partial charge on any atom is 0.276 e. The minimum Gasteiger partial charge on any atom is -0.484 e. The van der Waals surface area contributed by atoms with Gasteiger partial charge in [-0.05, 0) is 59.3 Å². The summed E-state index contributed by atoms with van der Waals surface area (Å²) in [5.41, 5.74) is 5.94. The number of hydrogen-bond acceptors (Lipinski definition) is 5. The van der Waals surface area contributed by atoms with E-state index in [1.54, 1.807) is 12.1 Å². The largest absolute Gasteiger partial charge is 0.484 e. The Morgan fingerprint density at radius 3 is 2.44 bits per heavy atom. The maximum atomic E-state index is 12.0. The van der Waals surface area contributed by atoms with Crippen molar-refractivity contribution in [2.24, 2.45) is 0 Å². The van der Waals surface area contributed by atoms with E-state index >= 15 is 0 Å². The smallest absolute Gasteiger partial charge is 0.276 e. The summed E-state index contributed by atoms with van der Waals surface area (Å²) in [7, 11) is 0. The molecule has 2 rings (SSSR count). The van der Waals surface area contributed by atoms with Crippen LogP contribution in [0.25, 0.3) is 0 Å². The normalized spacial score (nSPS) is 10.0. The van der Waals surface area contributed by atoms with E-state index in [9.17, 15) is 19.7 Å². The fraction of sp³-hybridized carbons (Fsp3) is 0.125. The number of nitrogens with zero attached hydrogens (tertiary/aromatic N) is 1. The molecule has 0 spiro atoms. The summed E-state index contributed by atoms with van der Waals surface area (Å²) in [5, 5.41) is 10.5. The first-order valence-corrected chi connectivity index (χ1v) is 8.17. The second kappa shape index (κ2) is 8.42. The molecule has 0 fully saturated rings. The Balaban J connectivity index is 1.81. The highest BCUT2D eigenvalue weighted by Gasteiger charge is 2.10. The number of hydrogen-bond donors (Lipinski definition) is 2. The van der Waals surface area contributed by atoms with Gasteiger partial charge in [-0.15, -0.1) is 0 Å². The molecule has 0 unspecified atom stereocenters. The van der Waals surface area contributed by atoms with Crippen molar-refractivity contribution in [2.75, 3.05) is 6.61 Å². The van der Waals surface area contributed by atoms with Crippen LogP contribution in [-0.4, -0.2) is 23.3 Å². The second-order valence-electron chi connectivity index (χ2n) is 5.01. The van der Waals surface area contributed by atoms with Gasteiger partial charge in [0.05, 0.1) is 4.92 Å². The molecular formula is C16H14IN3O5. The van der Waals surface area contributed by atoms with Gasteiger partial charge in [-0.3, -0.25) is 30.6 Å². The average molecular weight is 455 g/mol. The maximum absolute atomic E-state index is 12.0. The Morgan fingerprint density at radius 2 is 1.84 bits per heavy atom. The van der Waals surface area contributed by atoms with E-state index in [2.05, 4.69) is 33.4 Å². The van der Waals surface area contributed by atoms with E-state index in [1.165, 1.54) is 24.3 Å². The van der Waals surface area contributed by atoms with Crippen molar-refractivity contribution < 1.29 is 19.2 Å². The van der Waals surface area contributed by atoms with Crippen molar-refractivity contribution in [3.05, 3.63) is 67.3 Å². The van der Waals surface area contributed by atoms with E-state index in [0.717, 1.165) is 9.13 Å². The van der Waals surface area contributed by atoms with Crippen LogP contribution in [0.15, 0.2) is 42.5 Å². The van der Waals surface area contributed by atoms with E-state index in [1.807, 2.05) is 13.0 Å². The average Bonchev–Trinajstić information content (AvgIpc) is 2.60. The molecule has 0 radical (unpaired) electrons. The van der Waals surface area contributed by atoms with Gasteiger partial charge in [-0.1, -0.05) is 6.07 Å². The molecule has 0 aliphatic heterocycles. The third-order valence-electron chi connectivity index (χ3n) is 3.17. The molecule has 9 heteroatoms. The summed E-state index contributed by atoms with van der Waals surface area (Å²) in [6.07, 6.45) is 0. The fourth-order valence-electron chi connectivity index (χ4n) is 1.78. The van der Waals surface area contributed by atoms with Gasteiger partial charge in [-0.2, -0.15) is 0 Å². The number of hydrazine groups is 1. The van der Waals surface area contributed by atoms with Crippen LogP contribution in [0.1, 0.15) is 15.9 Å². The predicted molar refractivity (Wildman–Crippen MR) is 98.1 cm³/mol. The van der Waals surface area contributed by atoms with Gasteiger partial charge in [0.15, 0.2) is 6.61 Å². The zero-order valence-corrected chi connectivity index (χ0v) is 15.3. The standard InChI is InChI=1S/C16H14IN3O5/c1-10-2-3-11(8-14(10)17)16(22)19-18-15(21)9-25-13-6-4-12(5-7-13)20(23)24/h2-8H,9H2,1H3,(H,18,21)(H,19,22). The summed E-state index contributed by atoms with van der Waals surface area (Å²) in [6, 6.07) is 10.5. The minimum atomic E-state index is -0.562. The molecule has 25 heavy (non-hydrogen) atoms. The van der Waals surface area contributed by atoms with Crippen LogP contribution in [0.3, 0.4) is 0 Å². The number of amides is 2. The zero-order chi connectivity index (χ0) is 18.4. The van der Waals surface area contributed by atoms with Crippen LogP contribution in [0.4, 0.5) is 5.69 Å². The predicted octanol–water partition coefficient (Wildman–Crippen LogP) is 2.35. The number of halogens is 1. The minimum absolute atomic E-state index is 0.0724. The number of carbonyl (C=O) groups excluding carboxylic acids is 2. The number of benzene rings is 2. The molecule has 0 saturated carbocycles. The van der Waals surface area contributed by atoms with E-state index < -0.39 is 16.7 Å². The van der Waals surface area contributed by atoms with Gasteiger partial charge in [0.2, 0.25) is 0 Å². The first-order chi connectivity index (χ1) is 11.9. The number of rotatable bonds is 5. The van der Waals surface area contributed by atoms with Gasteiger partial charge in [-0.25, -0.2) is 0 Å². The molecule has 2 N–H and O–H groups in total. The van der Waals surface area contributed by atoms with Crippen LogP contribution in [0.5, 0.6) is 5.75 Å². The van der Waals surface area contributed by atoms with Crippen molar-refractivity contribution in [3.8, 4) is 5.75 Å². The lowest BCUT2D eigenvalue weighted by Crippen LogP contribution is -2.43. The first kappa shape index (κ1) is 18.6. The highest BCUT2D eigenvalue weighted by atomic mass is 127. The number of nitro groups is 1. The molecule has 0 aliphatic carbocycles. The third kappa shape index (κ3) is 5.41. The summed E-state index contributed by atoms with van der Waals surface area (Å²) >= 11 is 2.12. The zero-order valence-electron chi connectivity index (χ0n) is 13.1. The SMILES string of the molecule is Cc1ccc(C(=O)NNC(=O)COc2ccc([N+](=O)[O-])cc2)cc1I. The molecule has 130 valence electrons. The fourth-order valence-corrected chi connectivity index (χ4v) is 2.30. The van der Waals surface area contributed by atoms with E-state index in [4.69, 9.17) is 4.74 Å². The quantitative estimate of drug-likeness (QED) is 0.409. The molecule has 0 saturated heterocycles. The molecular weight excluding hydrogens is 441 g/mol. The molecule has 0 heterocycles. The lowest BCUT2D eigenvalue weighted by Gasteiger charge is -2.09. The molecule has 0 aliphatic rings. The molecule has 2 aromatic rings. The van der Waals surface area contributed by atoms with Crippen molar-refractivity contribution >= 4 is 40.1 Å². The van der Waals surface area contributed by atoms with Gasteiger partial charge in [0, 0.05) is 21.3 Å². The number of non-ortho nitro benzene ring substituents is 1. The Bertz CT molecular complexity index is 808. The molecule has 0 aromatic heterocycles. The molecule has 8 nitrogen and oxygen atoms in total. The van der Waals surface area contributed by atoms with Crippen molar-refractivity contribution in [2.45, 2.75) is 6.92 Å². The molecule has 2 amide bonds. The summed E-state index contributed by atoms with van der Waals surface area (Å²) in [4.78, 5) is 33.7. The van der Waals surface area contributed by atoms with Crippen molar-refractivity contribution in [1.29, 1.82) is 0 Å². The molecule has 0 atom stereocenters. The number of carbonyl (C=O) groups is 2. The molecule has 2 aromatic carbocycles. The highest BCUT2D eigenvalue weighted by Crippen LogP contribution is 2.17. The van der Waals surface area contributed by atoms with Crippen molar-refractivity contribution in [3.63, 3.8) is 0 Å². The van der Waals surface area contributed by atoms with Gasteiger partial charge < -0.3 is 4.74 Å². The Morgan fingerprint density at radius 1 is 1.16 bits per heavy atom. The highest BCUT2D eigenvalue weighted by molar-refractivity contribution is 14.1. The van der Waals surface area contributed by atoms with Crippen LogP contribution < -0.4 is 15.6 Å². The van der Waals surface area contributed by atoms with Crippen molar-refractivity contribution in [1.82, 2.24) is 10.9 Å². The lowest BCUT2D eigenvalue weighted by atomic mass is 10.1. The number of nitrogens with one attached hydrogen (secondary N) is 2.